The number of nitrogens with one attached hydrogen (secondary N) is 2. The van der Waals surface area contributed by atoms with Crippen LogP contribution in [-0.4, -0.2) is 56.1 Å². The summed E-state index contributed by atoms with van der Waals surface area (Å²) < 4.78 is 4.82. The molecule has 0 rings (SSSR count). The molecule has 0 fully saturated rings. The van der Waals surface area contributed by atoms with Crippen molar-refractivity contribution in [3.05, 3.63) is 0 Å². The fraction of sp³-hybridized carbons (Fsp3) is 0.727. The molecule has 0 heterocycles. The van der Waals surface area contributed by atoms with Gasteiger partial charge in [-0.05, 0) is 13.5 Å². The van der Waals surface area contributed by atoms with Crippen LogP contribution in [0.3, 0.4) is 0 Å². The molecule has 0 aromatic carbocycles. The van der Waals surface area contributed by atoms with Crippen molar-refractivity contribution in [3.8, 4) is 0 Å². The van der Waals surface area contributed by atoms with Gasteiger partial charge in [-0.15, -0.1) is 0 Å². The molecule has 0 saturated carbocycles. The van der Waals surface area contributed by atoms with E-state index in [9.17, 15) is 14.4 Å². The number of carbonyl (C=O) groups is 3. The Hall–Kier alpha value is -1.63. The third-order valence-corrected chi connectivity index (χ3v) is 2.24. The summed E-state index contributed by atoms with van der Waals surface area (Å²) in [5.74, 6) is -0.692. The summed E-state index contributed by atoms with van der Waals surface area (Å²) in [4.78, 5) is 35.2. The van der Waals surface area contributed by atoms with Gasteiger partial charge in [-0.25, -0.2) is 4.79 Å². The number of imide groups is 1. The van der Waals surface area contributed by atoms with Crippen molar-refractivity contribution in [1.82, 2.24) is 15.5 Å². The quantitative estimate of drug-likeness (QED) is 0.614. The number of esters is 1. The lowest BCUT2D eigenvalue weighted by Crippen LogP contribution is -2.40. The molecule has 0 spiro atoms. The van der Waals surface area contributed by atoms with Crippen molar-refractivity contribution >= 4 is 17.9 Å². The molecular weight excluding hydrogens is 238 g/mol. The van der Waals surface area contributed by atoms with E-state index < -0.39 is 6.03 Å². The molecule has 7 heteroatoms. The van der Waals surface area contributed by atoms with Gasteiger partial charge in [0.2, 0.25) is 5.91 Å². The molecule has 0 saturated heterocycles. The van der Waals surface area contributed by atoms with E-state index in [0.29, 0.717) is 19.7 Å². The number of carbonyl (C=O) groups excluding carboxylic acids is 3. The lowest BCUT2D eigenvalue weighted by molar-refractivity contribution is -0.144. The maximum Gasteiger partial charge on any atom is 0.321 e. The Morgan fingerprint density at radius 3 is 2.39 bits per heavy atom. The van der Waals surface area contributed by atoms with Crippen LogP contribution in [0, 0.1) is 0 Å². The molecule has 104 valence electrons. The van der Waals surface area contributed by atoms with E-state index in [1.807, 2.05) is 6.92 Å². The van der Waals surface area contributed by atoms with Crippen LogP contribution in [0.4, 0.5) is 4.79 Å². The zero-order chi connectivity index (χ0) is 14.0. The number of ether oxygens (including phenoxy) is 1. The van der Waals surface area contributed by atoms with Crippen LogP contribution in [0.1, 0.15) is 20.3 Å². The maximum atomic E-state index is 11.3. The summed E-state index contributed by atoms with van der Waals surface area (Å²) in [6.07, 6.45) is 0.153. The number of likely N-dealkylation sites (N-methyl/N-ethyl adjacent to an activating group) is 1. The number of urea groups is 1. The van der Waals surface area contributed by atoms with Crippen LogP contribution in [0.15, 0.2) is 0 Å². The van der Waals surface area contributed by atoms with E-state index in [2.05, 4.69) is 10.6 Å². The predicted octanol–water partition coefficient (Wildman–Crippen LogP) is -0.283. The molecule has 7 nitrogen and oxygen atoms in total. The second-order valence-corrected chi connectivity index (χ2v) is 3.55. The van der Waals surface area contributed by atoms with Gasteiger partial charge in [0.05, 0.1) is 13.2 Å². The molecule has 18 heavy (non-hydrogen) atoms. The molecule has 3 amide bonds. The molecule has 0 unspecified atom stereocenters. The zero-order valence-corrected chi connectivity index (χ0v) is 11.1. The molecule has 0 bridgehead atoms. The SMILES string of the molecule is CCOC(=O)CN(CC)CCC(=O)NC(=O)NC. The summed E-state index contributed by atoms with van der Waals surface area (Å²) in [6, 6.07) is -0.534. The number of amides is 3. The van der Waals surface area contributed by atoms with E-state index in [4.69, 9.17) is 4.74 Å². The first-order valence-electron chi connectivity index (χ1n) is 5.93. The highest BCUT2D eigenvalue weighted by atomic mass is 16.5. The second kappa shape index (κ2) is 9.41. The van der Waals surface area contributed by atoms with Gasteiger partial charge in [-0.3, -0.25) is 19.8 Å². The second-order valence-electron chi connectivity index (χ2n) is 3.55. The predicted molar refractivity (Wildman–Crippen MR) is 66.0 cm³/mol. The van der Waals surface area contributed by atoms with Crippen molar-refractivity contribution < 1.29 is 19.1 Å². The topological polar surface area (TPSA) is 87.7 Å². The summed E-state index contributed by atoms with van der Waals surface area (Å²) in [6.45, 7) is 5.15. The van der Waals surface area contributed by atoms with E-state index in [-0.39, 0.29) is 24.8 Å². The van der Waals surface area contributed by atoms with Gasteiger partial charge in [-0.1, -0.05) is 6.92 Å². The highest BCUT2D eigenvalue weighted by molar-refractivity contribution is 5.94. The number of nitrogens with zero attached hydrogens (tertiary/aromatic N) is 1. The van der Waals surface area contributed by atoms with Gasteiger partial charge < -0.3 is 10.1 Å². The number of hydrogen-bond acceptors (Lipinski definition) is 5. The number of hydrogen-bond donors (Lipinski definition) is 2. The smallest absolute Gasteiger partial charge is 0.321 e. The van der Waals surface area contributed by atoms with Crippen LogP contribution >= 0.6 is 0 Å². The molecule has 0 aliphatic rings. The highest BCUT2D eigenvalue weighted by Crippen LogP contribution is 1.93. The molecule has 0 atom stereocenters. The maximum absolute atomic E-state index is 11.3. The first kappa shape index (κ1) is 16.4. The summed E-state index contributed by atoms with van der Waals surface area (Å²) in [7, 11) is 1.43. The van der Waals surface area contributed by atoms with Crippen LogP contribution in [-0.2, 0) is 14.3 Å². The van der Waals surface area contributed by atoms with E-state index >= 15 is 0 Å². The Kier molecular flexibility index (Phi) is 8.55. The minimum Gasteiger partial charge on any atom is -0.465 e. The first-order valence-corrected chi connectivity index (χ1v) is 5.93. The normalized spacial score (nSPS) is 10.0. The highest BCUT2D eigenvalue weighted by Gasteiger charge is 2.12. The van der Waals surface area contributed by atoms with Gasteiger partial charge in [0, 0.05) is 20.0 Å². The molecule has 0 radical (unpaired) electrons. The molecule has 0 aromatic heterocycles. The van der Waals surface area contributed by atoms with Gasteiger partial charge in [0.15, 0.2) is 0 Å². The zero-order valence-electron chi connectivity index (χ0n) is 11.1. The summed E-state index contributed by atoms with van der Waals surface area (Å²) in [5, 5.41) is 4.44. The lowest BCUT2D eigenvalue weighted by Gasteiger charge is -2.18. The molecule has 0 aliphatic carbocycles. The standard InChI is InChI=1S/C11H21N3O4/c1-4-14(8-10(16)18-5-2)7-6-9(15)13-11(17)12-3/h4-8H2,1-3H3,(H2,12,13,15,17). The van der Waals surface area contributed by atoms with Crippen LogP contribution < -0.4 is 10.6 Å². The average molecular weight is 259 g/mol. The van der Waals surface area contributed by atoms with Crippen molar-refractivity contribution in [2.24, 2.45) is 0 Å². The fourth-order valence-electron chi connectivity index (χ4n) is 1.25. The molecule has 0 aromatic rings. The van der Waals surface area contributed by atoms with Crippen molar-refractivity contribution in [2.45, 2.75) is 20.3 Å². The lowest BCUT2D eigenvalue weighted by atomic mass is 10.3. The van der Waals surface area contributed by atoms with E-state index in [1.54, 1.807) is 11.8 Å². The van der Waals surface area contributed by atoms with E-state index in [1.165, 1.54) is 7.05 Å². The van der Waals surface area contributed by atoms with Crippen molar-refractivity contribution in [2.75, 3.05) is 33.3 Å². The van der Waals surface area contributed by atoms with Crippen LogP contribution in [0.5, 0.6) is 0 Å². The Morgan fingerprint density at radius 2 is 1.89 bits per heavy atom. The van der Waals surface area contributed by atoms with Crippen LogP contribution in [0.2, 0.25) is 0 Å². The average Bonchev–Trinajstić information content (AvgIpc) is 2.34. The van der Waals surface area contributed by atoms with Gasteiger partial charge in [-0.2, -0.15) is 0 Å². The molecule has 2 N–H and O–H groups in total. The number of rotatable bonds is 7. The van der Waals surface area contributed by atoms with Crippen molar-refractivity contribution in [3.63, 3.8) is 0 Å². The van der Waals surface area contributed by atoms with Crippen molar-refractivity contribution in [1.29, 1.82) is 0 Å². The minimum atomic E-state index is -0.534. The summed E-state index contributed by atoms with van der Waals surface area (Å²) >= 11 is 0. The Bertz CT molecular complexity index is 294. The van der Waals surface area contributed by atoms with E-state index in [0.717, 1.165) is 0 Å². The monoisotopic (exact) mass is 259 g/mol. The van der Waals surface area contributed by atoms with Gasteiger partial charge in [0.25, 0.3) is 0 Å². The third-order valence-electron chi connectivity index (χ3n) is 2.24. The first-order chi connectivity index (χ1) is 8.53. The molecular formula is C11H21N3O4. The third kappa shape index (κ3) is 7.61. The fourth-order valence-corrected chi connectivity index (χ4v) is 1.25. The Balaban J connectivity index is 3.96. The molecule has 0 aliphatic heterocycles. The minimum absolute atomic E-state index is 0.150. The van der Waals surface area contributed by atoms with Gasteiger partial charge in [0.1, 0.15) is 0 Å². The largest absolute Gasteiger partial charge is 0.465 e. The Labute approximate surface area is 107 Å². The Morgan fingerprint density at radius 1 is 1.22 bits per heavy atom. The van der Waals surface area contributed by atoms with Gasteiger partial charge >= 0.3 is 12.0 Å². The van der Waals surface area contributed by atoms with Crippen LogP contribution in [0.25, 0.3) is 0 Å². The summed E-state index contributed by atoms with van der Waals surface area (Å²) in [5.41, 5.74) is 0.